The first-order valence-corrected chi connectivity index (χ1v) is 14.1. The van der Waals surface area contributed by atoms with Gasteiger partial charge in [-0.25, -0.2) is 8.42 Å². The van der Waals surface area contributed by atoms with E-state index in [1.54, 1.807) is 51.9 Å². The molecule has 1 aromatic carbocycles. The van der Waals surface area contributed by atoms with Crippen molar-refractivity contribution in [3.63, 3.8) is 0 Å². The van der Waals surface area contributed by atoms with Gasteiger partial charge in [0, 0.05) is 54.7 Å². The molecule has 2 aromatic rings. The molecule has 12 heteroatoms. The van der Waals surface area contributed by atoms with Crippen LogP contribution in [0, 0.1) is 5.92 Å². The number of nitrogens with one attached hydrogen (secondary N) is 2. The fourth-order valence-electron chi connectivity index (χ4n) is 5.28. The van der Waals surface area contributed by atoms with Crippen LogP contribution in [0.2, 0.25) is 5.02 Å². The summed E-state index contributed by atoms with van der Waals surface area (Å²) < 4.78 is 35.8. The zero-order valence-corrected chi connectivity index (χ0v) is 21.3. The Bertz CT molecular complexity index is 1530. The number of sulfonamides is 1. The maximum atomic E-state index is 13.7. The Morgan fingerprint density at radius 2 is 2.03 bits per heavy atom. The van der Waals surface area contributed by atoms with Crippen LogP contribution < -0.4 is 15.0 Å². The number of fused-ring (bicyclic) bond motifs is 5. The van der Waals surface area contributed by atoms with Crippen molar-refractivity contribution in [3.05, 3.63) is 98.2 Å². The molecule has 186 valence electrons. The molecule has 0 radical (unpaired) electrons. The lowest BCUT2D eigenvalue weighted by molar-refractivity contribution is 0.0595. The summed E-state index contributed by atoms with van der Waals surface area (Å²) in [7, 11) is -4.02. The lowest BCUT2D eigenvalue weighted by Crippen LogP contribution is -2.49. The van der Waals surface area contributed by atoms with Crippen molar-refractivity contribution >= 4 is 45.4 Å². The number of amides is 1. The number of allylic oxidation sites excluding steroid dienone is 2. The third kappa shape index (κ3) is 4.00. The van der Waals surface area contributed by atoms with Crippen LogP contribution in [0.3, 0.4) is 0 Å². The summed E-state index contributed by atoms with van der Waals surface area (Å²) in [4.78, 5) is 27.9. The van der Waals surface area contributed by atoms with E-state index in [1.165, 1.54) is 24.3 Å². The molecule has 2 unspecified atom stereocenters. The molecule has 6 rings (SSSR count). The largest absolute Gasteiger partial charge is 0.338 e. The van der Waals surface area contributed by atoms with Gasteiger partial charge in [0.25, 0.3) is 21.5 Å². The number of carbonyl (C=O) groups excluding carboxylic acids is 1. The van der Waals surface area contributed by atoms with Crippen LogP contribution in [-0.4, -0.2) is 41.2 Å². The number of halogens is 1. The average molecular weight is 544 g/mol. The van der Waals surface area contributed by atoms with Crippen molar-refractivity contribution in [2.24, 2.45) is 5.92 Å². The van der Waals surface area contributed by atoms with Gasteiger partial charge in [0.15, 0.2) is 0 Å². The van der Waals surface area contributed by atoms with Gasteiger partial charge in [0.1, 0.15) is 4.91 Å². The Labute approximate surface area is 217 Å². The molecule has 5 heterocycles. The quantitative estimate of drug-likeness (QED) is 0.571. The zero-order chi connectivity index (χ0) is 25.0. The van der Waals surface area contributed by atoms with Gasteiger partial charge >= 0.3 is 0 Å². The van der Waals surface area contributed by atoms with Crippen LogP contribution in [0.1, 0.15) is 28.4 Å². The number of hydrogen-bond acceptors (Lipinski definition) is 7. The van der Waals surface area contributed by atoms with E-state index in [9.17, 15) is 18.0 Å². The molecule has 1 amide bonds. The highest BCUT2D eigenvalue weighted by molar-refractivity contribution is 7.97. The van der Waals surface area contributed by atoms with Crippen LogP contribution in [-0.2, 0) is 16.6 Å². The highest BCUT2D eigenvalue weighted by atomic mass is 35.5. The van der Waals surface area contributed by atoms with Gasteiger partial charge in [0.2, 0.25) is 0 Å². The minimum atomic E-state index is -4.02. The summed E-state index contributed by atoms with van der Waals surface area (Å²) >= 11 is 7.46. The number of carbonyl (C=O) groups is 1. The van der Waals surface area contributed by atoms with E-state index >= 15 is 0 Å². The van der Waals surface area contributed by atoms with E-state index in [0.717, 1.165) is 12.1 Å². The Morgan fingerprint density at radius 3 is 2.89 bits per heavy atom. The Kier molecular flexibility index (Phi) is 5.66. The molecular weight excluding hydrogens is 522 g/mol. The van der Waals surface area contributed by atoms with Gasteiger partial charge in [0.05, 0.1) is 29.1 Å². The highest BCUT2D eigenvalue weighted by Crippen LogP contribution is 2.37. The smallest absolute Gasteiger partial charge is 0.264 e. The van der Waals surface area contributed by atoms with E-state index in [1.807, 2.05) is 10.6 Å². The van der Waals surface area contributed by atoms with Gasteiger partial charge in [-0.3, -0.25) is 18.6 Å². The number of aromatic nitrogens is 1. The van der Waals surface area contributed by atoms with Crippen LogP contribution in [0.15, 0.2) is 76.3 Å². The molecule has 0 spiro atoms. The third-order valence-electron chi connectivity index (χ3n) is 6.82. The molecule has 2 atom stereocenters. The lowest BCUT2D eigenvalue weighted by atomic mass is 9.83. The molecule has 0 aliphatic carbocycles. The summed E-state index contributed by atoms with van der Waals surface area (Å²) in [6, 6.07) is 9.85. The fourth-order valence-corrected chi connectivity index (χ4v) is 7.43. The number of likely N-dealkylation sites (tertiary alicyclic amines) is 1. The van der Waals surface area contributed by atoms with E-state index in [0.29, 0.717) is 30.4 Å². The maximum absolute atomic E-state index is 13.7. The van der Waals surface area contributed by atoms with Crippen molar-refractivity contribution in [3.8, 4) is 0 Å². The lowest BCUT2D eigenvalue weighted by Gasteiger charge is -2.42. The number of pyridine rings is 1. The number of benzene rings is 1. The topological polar surface area (TPSA) is 104 Å². The fraction of sp³-hybridized carbons (Fsp3) is 0.250. The standard InChI is InChI=1S/C24H22ClN5O4S2/c25-17-6-7-18(19(10-17)27-36(33,34)22-4-2-8-30-21(22)11-26-35-30)24(32)28-12-15-9-16(14-28)20-3-1-5-23(31)29(20)13-15/h1-8,10-11,15-16,26-27H,9,12-14H2. The molecule has 1 fully saturated rings. The average Bonchev–Trinajstić information content (AvgIpc) is 3.33. The number of piperidine rings is 1. The number of rotatable bonds is 4. The minimum absolute atomic E-state index is 0.0206. The normalized spacial score (nSPS) is 22.2. The molecule has 1 aromatic heterocycles. The monoisotopic (exact) mass is 543 g/mol. The first kappa shape index (κ1) is 23.3. The van der Waals surface area contributed by atoms with Gasteiger partial charge in [-0.1, -0.05) is 17.7 Å². The highest BCUT2D eigenvalue weighted by Gasteiger charge is 2.37. The van der Waals surface area contributed by atoms with Crippen molar-refractivity contribution in [2.45, 2.75) is 18.9 Å². The van der Waals surface area contributed by atoms with Gasteiger partial charge in [-0.15, -0.1) is 0 Å². The van der Waals surface area contributed by atoms with Crippen LogP contribution in [0.4, 0.5) is 5.69 Å². The molecule has 2 N–H and O–H groups in total. The van der Waals surface area contributed by atoms with Crippen molar-refractivity contribution in [1.82, 2.24) is 18.5 Å². The van der Waals surface area contributed by atoms with Crippen molar-refractivity contribution in [1.29, 1.82) is 0 Å². The summed E-state index contributed by atoms with van der Waals surface area (Å²) in [5, 5.41) is 0.310. The second-order valence-corrected chi connectivity index (χ2v) is 12.0. The number of nitrogens with zero attached hydrogens (tertiary/aromatic N) is 3. The first-order valence-electron chi connectivity index (χ1n) is 11.4. The van der Waals surface area contributed by atoms with E-state index in [4.69, 9.17) is 11.6 Å². The Hall–Kier alpha value is -3.15. The second-order valence-electron chi connectivity index (χ2n) is 9.14. The molecule has 36 heavy (non-hydrogen) atoms. The van der Waals surface area contributed by atoms with Crippen molar-refractivity contribution < 1.29 is 13.2 Å². The van der Waals surface area contributed by atoms with E-state index in [-0.39, 0.29) is 39.5 Å². The third-order valence-corrected chi connectivity index (χ3v) is 9.20. The summed E-state index contributed by atoms with van der Waals surface area (Å²) in [5.41, 5.74) is 1.76. The molecule has 4 aliphatic rings. The van der Waals surface area contributed by atoms with Gasteiger partial charge < -0.3 is 14.2 Å². The summed E-state index contributed by atoms with van der Waals surface area (Å²) in [5.74, 6) is -0.0771. The van der Waals surface area contributed by atoms with Crippen molar-refractivity contribution in [2.75, 3.05) is 17.8 Å². The van der Waals surface area contributed by atoms with Crippen LogP contribution in [0.5, 0.6) is 0 Å². The van der Waals surface area contributed by atoms with Gasteiger partial charge in [-0.05, 0) is 48.8 Å². The predicted molar refractivity (Wildman–Crippen MR) is 139 cm³/mol. The van der Waals surface area contributed by atoms with E-state index < -0.39 is 10.0 Å². The number of hydrogen-bond donors (Lipinski definition) is 2. The molecule has 0 saturated carbocycles. The SMILES string of the molecule is O=C(c1ccc(Cl)cc1NS(=O)(=O)C1=CC=CN2SNC=C12)N1CC2CC(C1)c1cccc(=O)n1C2. The number of anilines is 1. The second kappa shape index (κ2) is 8.75. The van der Waals surface area contributed by atoms with Gasteiger partial charge in [-0.2, -0.15) is 0 Å². The zero-order valence-electron chi connectivity index (χ0n) is 18.9. The molecule has 4 aliphatic heterocycles. The molecule has 1 saturated heterocycles. The molecular formula is C24H22ClN5O4S2. The predicted octanol–water partition coefficient (Wildman–Crippen LogP) is 3.22. The van der Waals surface area contributed by atoms with Crippen LogP contribution >= 0.6 is 23.7 Å². The Morgan fingerprint density at radius 1 is 1.17 bits per heavy atom. The minimum Gasteiger partial charge on any atom is -0.338 e. The maximum Gasteiger partial charge on any atom is 0.264 e. The van der Waals surface area contributed by atoms with Crippen LogP contribution in [0.25, 0.3) is 0 Å². The molecule has 9 nitrogen and oxygen atoms in total. The Balaban J connectivity index is 1.30. The summed E-state index contributed by atoms with van der Waals surface area (Å²) in [6.07, 6.45) is 7.43. The van der Waals surface area contributed by atoms with E-state index in [2.05, 4.69) is 9.44 Å². The molecule has 2 bridgehead atoms. The summed E-state index contributed by atoms with van der Waals surface area (Å²) in [6.45, 7) is 1.51. The first-order chi connectivity index (χ1) is 17.3.